The fraction of sp³-hybridized carbons (Fsp3) is 0.692. The van der Waals surface area contributed by atoms with Crippen LogP contribution in [0.25, 0.3) is 0 Å². The number of nitrogens with two attached hydrogens (primary N) is 1. The van der Waals surface area contributed by atoms with Gasteiger partial charge in [-0.1, -0.05) is 6.92 Å². The molecule has 6 nitrogen and oxygen atoms in total. The van der Waals surface area contributed by atoms with E-state index < -0.39 is 0 Å². The first kappa shape index (κ1) is 15.7. The molecule has 0 aromatic carbocycles. The maximum atomic E-state index is 5.82. The van der Waals surface area contributed by atoms with Gasteiger partial charge < -0.3 is 20.1 Å². The van der Waals surface area contributed by atoms with Crippen LogP contribution < -0.4 is 10.6 Å². The van der Waals surface area contributed by atoms with E-state index in [1.165, 1.54) is 0 Å². The molecule has 6 heteroatoms. The van der Waals surface area contributed by atoms with Gasteiger partial charge >= 0.3 is 0 Å². The molecule has 1 rings (SSSR count). The van der Waals surface area contributed by atoms with Crippen molar-refractivity contribution in [2.45, 2.75) is 19.8 Å². The van der Waals surface area contributed by atoms with Gasteiger partial charge in [-0.05, 0) is 6.42 Å². The molecule has 0 atom stereocenters. The molecule has 0 aliphatic carbocycles. The van der Waals surface area contributed by atoms with Crippen LogP contribution in [0.4, 0.5) is 11.6 Å². The van der Waals surface area contributed by atoms with Gasteiger partial charge in [0.15, 0.2) is 0 Å². The quantitative estimate of drug-likeness (QED) is 0.676. The topological polar surface area (TPSA) is 73.5 Å². The normalized spacial score (nSPS) is 10.7. The van der Waals surface area contributed by atoms with Crippen molar-refractivity contribution in [2.24, 2.45) is 0 Å². The smallest absolute Gasteiger partial charge is 0.134 e. The van der Waals surface area contributed by atoms with Crippen LogP contribution in [0.15, 0.2) is 6.07 Å². The van der Waals surface area contributed by atoms with Gasteiger partial charge in [-0.2, -0.15) is 0 Å². The van der Waals surface area contributed by atoms with Gasteiger partial charge in [0.1, 0.15) is 17.5 Å². The minimum Gasteiger partial charge on any atom is -0.385 e. The highest BCUT2D eigenvalue weighted by molar-refractivity contribution is 5.47. The first-order valence-electron chi connectivity index (χ1n) is 6.57. The molecule has 108 valence electrons. The lowest BCUT2D eigenvalue weighted by molar-refractivity contribution is 0.191. The number of aryl methyl sites for hydroxylation is 1. The predicted octanol–water partition coefficient (Wildman–Crippen LogP) is 1.11. The summed E-state index contributed by atoms with van der Waals surface area (Å²) in [6.07, 6.45) is 1.71. The summed E-state index contributed by atoms with van der Waals surface area (Å²) in [5.41, 5.74) is 5.82. The number of hydrogen-bond acceptors (Lipinski definition) is 6. The fourth-order valence-electron chi connectivity index (χ4n) is 1.77. The largest absolute Gasteiger partial charge is 0.385 e. The van der Waals surface area contributed by atoms with Crippen molar-refractivity contribution in [3.05, 3.63) is 11.9 Å². The van der Waals surface area contributed by atoms with Crippen LogP contribution in [0, 0.1) is 0 Å². The molecule has 0 aliphatic heterocycles. The first-order chi connectivity index (χ1) is 9.21. The molecule has 2 N–H and O–H groups in total. The van der Waals surface area contributed by atoms with E-state index in [1.807, 2.05) is 13.0 Å². The van der Waals surface area contributed by atoms with Crippen molar-refractivity contribution in [2.75, 3.05) is 51.2 Å². The van der Waals surface area contributed by atoms with E-state index in [-0.39, 0.29) is 0 Å². The molecule has 0 fully saturated rings. The monoisotopic (exact) mass is 268 g/mol. The van der Waals surface area contributed by atoms with Gasteiger partial charge in [0.2, 0.25) is 0 Å². The van der Waals surface area contributed by atoms with E-state index in [4.69, 9.17) is 15.2 Å². The first-order valence-corrected chi connectivity index (χ1v) is 6.57. The van der Waals surface area contributed by atoms with Crippen LogP contribution in [0.5, 0.6) is 0 Å². The third kappa shape index (κ3) is 5.40. The van der Waals surface area contributed by atoms with Crippen LogP contribution in [0.2, 0.25) is 0 Å². The average Bonchev–Trinajstić information content (AvgIpc) is 2.42. The molecule has 0 unspecified atom stereocenters. The zero-order chi connectivity index (χ0) is 14.1. The molecule has 0 saturated heterocycles. The Morgan fingerprint density at radius 3 is 2.53 bits per heavy atom. The van der Waals surface area contributed by atoms with Crippen molar-refractivity contribution in [3.63, 3.8) is 0 Å². The number of methoxy groups -OCH3 is 2. The maximum Gasteiger partial charge on any atom is 0.134 e. The second-order valence-corrected chi connectivity index (χ2v) is 4.25. The summed E-state index contributed by atoms with van der Waals surface area (Å²) < 4.78 is 10.2. The lowest BCUT2D eigenvalue weighted by atomic mass is 10.3. The minimum atomic E-state index is 0.510. The van der Waals surface area contributed by atoms with Crippen molar-refractivity contribution in [1.29, 1.82) is 0 Å². The standard InChI is InChI=1S/C13H24N4O2/c1-4-12-15-11(14)10-13(16-12)17(7-9-19-3)6-5-8-18-2/h10H,4-9H2,1-3H3,(H2,14,15,16). The molecule has 0 spiro atoms. The number of nitrogen functional groups attached to an aromatic ring is 1. The highest BCUT2D eigenvalue weighted by Crippen LogP contribution is 2.14. The molecule has 1 heterocycles. The van der Waals surface area contributed by atoms with E-state index in [2.05, 4.69) is 14.9 Å². The van der Waals surface area contributed by atoms with E-state index >= 15 is 0 Å². The molecule has 1 aromatic heterocycles. The SMILES string of the molecule is CCc1nc(N)cc(N(CCCOC)CCOC)n1. The van der Waals surface area contributed by atoms with Gasteiger partial charge in [-0.15, -0.1) is 0 Å². The highest BCUT2D eigenvalue weighted by Gasteiger charge is 2.10. The van der Waals surface area contributed by atoms with Crippen LogP contribution in [-0.4, -0.2) is 50.5 Å². The Bertz CT molecular complexity index is 374. The molecule has 19 heavy (non-hydrogen) atoms. The third-order valence-corrected chi connectivity index (χ3v) is 2.76. The molecule has 0 aliphatic rings. The molecule has 0 radical (unpaired) electrons. The summed E-state index contributed by atoms with van der Waals surface area (Å²) in [4.78, 5) is 10.9. The number of anilines is 2. The van der Waals surface area contributed by atoms with E-state index in [0.29, 0.717) is 12.4 Å². The van der Waals surface area contributed by atoms with Gasteiger partial charge in [0, 0.05) is 46.4 Å². The predicted molar refractivity (Wildman–Crippen MR) is 76.4 cm³/mol. The summed E-state index contributed by atoms with van der Waals surface area (Å²) in [5.74, 6) is 2.14. The fourth-order valence-corrected chi connectivity index (χ4v) is 1.77. The van der Waals surface area contributed by atoms with Gasteiger partial charge in [0.25, 0.3) is 0 Å². The number of aromatic nitrogens is 2. The number of ether oxygens (including phenoxy) is 2. The van der Waals surface area contributed by atoms with E-state index in [0.717, 1.165) is 44.2 Å². The third-order valence-electron chi connectivity index (χ3n) is 2.76. The van der Waals surface area contributed by atoms with Crippen molar-refractivity contribution >= 4 is 11.6 Å². The Kier molecular flexibility index (Phi) is 7.14. The van der Waals surface area contributed by atoms with Crippen LogP contribution >= 0.6 is 0 Å². The zero-order valence-corrected chi connectivity index (χ0v) is 12.1. The number of nitrogens with zero attached hydrogens (tertiary/aromatic N) is 3. The Morgan fingerprint density at radius 2 is 1.89 bits per heavy atom. The molecule has 0 saturated carbocycles. The molecule has 0 bridgehead atoms. The molecule has 1 aromatic rings. The lowest BCUT2D eigenvalue weighted by Gasteiger charge is -2.23. The second-order valence-electron chi connectivity index (χ2n) is 4.25. The van der Waals surface area contributed by atoms with E-state index in [9.17, 15) is 0 Å². The minimum absolute atomic E-state index is 0.510. The Labute approximate surface area is 114 Å². The zero-order valence-electron chi connectivity index (χ0n) is 12.1. The van der Waals surface area contributed by atoms with Gasteiger partial charge in [-0.25, -0.2) is 9.97 Å². The van der Waals surface area contributed by atoms with Gasteiger partial charge in [-0.3, -0.25) is 0 Å². The summed E-state index contributed by atoms with van der Waals surface area (Å²) in [6.45, 7) is 5.03. The second kappa shape index (κ2) is 8.66. The summed E-state index contributed by atoms with van der Waals surface area (Å²) >= 11 is 0. The Hall–Kier alpha value is -1.40. The highest BCUT2D eigenvalue weighted by atomic mass is 16.5. The van der Waals surface area contributed by atoms with Gasteiger partial charge in [0.05, 0.1) is 6.61 Å². The Morgan fingerprint density at radius 1 is 1.16 bits per heavy atom. The van der Waals surface area contributed by atoms with Crippen LogP contribution in [-0.2, 0) is 15.9 Å². The van der Waals surface area contributed by atoms with Crippen molar-refractivity contribution < 1.29 is 9.47 Å². The number of hydrogen-bond donors (Lipinski definition) is 1. The van der Waals surface area contributed by atoms with Crippen LogP contribution in [0.3, 0.4) is 0 Å². The van der Waals surface area contributed by atoms with E-state index in [1.54, 1.807) is 14.2 Å². The average molecular weight is 268 g/mol. The lowest BCUT2D eigenvalue weighted by Crippen LogP contribution is -2.30. The Balaban J connectivity index is 2.79. The number of rotatable bonds is 9. The summed E-state index contributed by atoms with van der Waals surface area (Å²) in [6, 6.07) is 1.81. The molecule has 0 amide bonds. The maximum absolute atomic E-state index is 5.82. The van der Waals surface area contributed by atoms with Crippen molar-refractivity contribution in [3.8, 4) is 0 Å². The van der Waals surface area contributed by atoms with Crippen LogP contribution in [0.1, 0.15) is 19.2 Å². The molecular weight excluding hydrogens is 244 g/mol. The summed E-state index contributed by atoms with van der Waals surface area (Å²) in [5, 5.41) is 0. The summed E-state index contributed by atoms with van der Waals surface area (Å²) in [7, 11) is 3.40. The van der Waals surface area contributed by atoms with Crippen molar-refractivity contribution in [1.82, 2.24) is 9.97 Å². The molecular formula is C13H24N4O2.